The largest absolute Gasteiger partial charge is 0.368 e. The number of benzene rings is 1. The molecule has 0 aliphatic rings. The smallest absolute Gasteiger partial charge is 0.249 e. The molecule has 0 fully saturated rings. The van der Waals surface area contributed by atoms with Crippen molar-refractivity contribution in [3.8, 4) is 11.4 Å². The predicted octanol–water partition coefficient (Wildman–Crippen LogP) is 2.19. The Hall–Kier alpha value is -2.17. The third kappa shape index (κ3) is 2.11. The number of aromatic nitrogens is 3. The average Bonchev–Trinajstić information content (AvgIpc) is 2.74. The number of nitrogens with two attached hydrogens (primary N) is 1. The van der Waals surface area contributed by atoms with Gasteiger partial charge in [0.25, 0.3) is 0 Å². The van der Waals surface area contributed by atoms with Crippen LogP contribution in [0.2, 0.25) is 0 Å². The number of rotatable bonds is 2. The van der Waals surface area contributed by atoms with E-state index in [2.05, 4.69) is 10.1 Å². The summed E-state index contributed by atoms with van der Waals surface area (Å²) >= 11 is 0. The van der Waals surface area contributed by atoms with E-state index in [-0.39, 0.29) is 11.9 Å². The number of hydrogen-bond acceptors (Lipinski definition) is 4. The van der Waals surface area contributed by atoms with E-state index >= 15 is 0 Å². The second kappa shape index (κ2) is 4.60. The van der Waals surface area contributed by atoms with Gasteiger partial charge < -0.3 is 5.73 Å². The Morgan fingerprint density at radius 2 is 2.06 bits per heavy atom. The van der Waals surface area contributed by atoms with Gasteiger partial charge in [-0.15, -0.1) is 5.10 Å². The van der Waals surface area contributed by atoms with E-state index in [0.717, 1.165) is 15.8 Å². The van der Waals surface area contributed by atoms with Gasteiger partial charge in [0.2, 0.25) is 11.9 Å². The van der Waals surface area contributed by atoms with Gasteiger partial charge in [0.15, 0.2) is 5.82 Å². The summed E-state index contributed by atoms with van der Waals surface area (Å²) in [5.41, 5.74) is 8.92. The highest BCUT2D eigenvalue weighted by molar-refractivity contribution is 5.80. The van der Waals surface area contributed by atoms with Crippen LogP contribution in [0.3, 0.4) is 0 Å². The monoisotopic (exact) mass is 244 g/mol. The number of aryl methyl sites for hydroxylation is 2. The molecule has 2 rings (SSSR count). The molecule has 1 aromatic heterocycles. The molecule has 0 amide bonds. The first-order chi connectivity index (χ1) is 8.52. The summed E-state index contributed by atoms with van der Waals surface area (Å²) in [7, 11) is 0. The summed E-state index contributed by atoms with van der Waals surface area (Å²) in [6, 6.07) is 5.92. The van der Waals surface area contributed by atoms with Gasteiger partial charge >= 0.3 is 0 Å². The molecule has 18 heavy (non-hydrogen) atoms. The minimum absolute atomic E-state index is 0.134. The topological polar surface area (TPSA) is 73.8 Å². The summed E-state index contributed by atoms with van der Waals surface area (Å²) in [5, 5.41) is 4.15. The lowest BCUT2D eigenvalue weighted by atomic mass is 10.1. The minimum Gasteiger partial charge on any atom is -0.368 e. The number of hydrogen-bond donors (Lipinski definition) is 1. The van der Waals surface area contributed by atoms with Crippen LogP contribution in [0, 0.1) is 13.8 Å². The zero-order valence-electron chi connectivity index (χ0n) is 10.8. The van der Waals surface area contributed by atoms with Crippen LogP contribution in [0.1, 0.15) is 29.3 Å². The third-order valence-electron chi connectivity index (χ3n) is 2.94. The second-order valence-electron chi connectivity index (χ2n) is 4.25. The first-order valence-corrected chi connectivity index (χ1v) is 5.86. The lowest BCUT2D eigenvalue weighted by molar-refractivity contribution is 0.0896. The molecule has 0 bridgehead atoms. The summed E-state index contributed by atoms with van der Waals surface area (Å²) < 4.78 is 1.16. The van der Waals surface area contributed by atoms with Crippen molar-refractivity contribution in [2.75, 3.05) is 5.73 Å². The summed E-state index contributed by atoms with van der Waals surface area (Å²) in [5.74, 6) is 0.461. The molecule has 0 atom stereocenters. The van der Waals surface area contributed by atoms with E-state index in [1.165, 1.54) is 5.56 Å². The number of nitrogen functional groups attached to an aromatic ring is 1. The molecule has 0 radical (unpaired) electrons. The van der Waals surface area contributed by atoms with Gasteiger partial charge in [-0.2, -0.15) is 9.67 Å². The van der Waals surface area contributed by atoms with E-state index in [9.17, 15) is 4.79 Å². The van der Waals surface area contributed by atoms with Crippen molar-refractivity contribution in [2.24, 2.45) is 0 Å². The molecular formula is C13H16N4O. The molecule has 0 unspecified atom stereocenters. The fourth-order valence-electron chi connectivity index (χ4n) is 1.66. The predicted molar refractivity (Wildman–Crippen MR) is 70.3 cm³/mol. The Balaban J connectivity index is 2.45. The van der Waals surface area contributed by atoms with Crippen LogP contribution in [-0.2, 0) is 0 Å². The number of nitrogens with zero attached hydrogens (tertiary/aromatic N) is 3. The Kier molecular flexibility index (Phi) is 3.14. The van der Waals surface area contributed by atoms with Crippen molar-refractivity contribution in [1.82, 2.24) is 14.8 Å². The molecule has 1 heterocycles. The lowest BCUT2D eigenvalue weighted by Gasteiger charge is -2.01. The molecule has 94 valence electrons. The highest BCUT2D eigenvalue weighted by Gasteiger charge is 2.13. The van der Waals surface area contributed by atoms with Gasteiger partial charge in [0.1, 0.15) is 0 Å². The Bertz CT molecular complexity index is 601. The maximum absolute atomic E-state index is 11.6. The normalized spacial score (nSPS) is 10.6. The fourth-order valence-corrected chi connectivity index (χ4v) is 1.66. The number of carbonyl (C=O) groups is 1. The van der Waals surface area contributed by atoms with E-state index in [4.69, 9.17) is 5.73 Å². The van der Waals surface area contributed by atoms with Gasteiger partial charge in [0, 0.05) is 12.0 Å². The maximum atomic E-state index is 11.6. The van der Waals surface area contributed by atoms with Crippen LogP contribution < -0.4 is 5.73 Å². The molecule has 2 aromatic rings. The molecule has 5 nitrogen and oxygen atoms in total. The molecule has 0 aliphatic heterocycles. The van der Waals surface area contributed by atoms with Gasteiger partial charge in [0.05, 0.1) is 0 Å². The molecule has 5 heteroatoms. The zero-order valence-corrected chi connectivity index (χ0v) is 10.8. The summed E-state index contributed by atoms with van der Waals surface area (Å²) in [4.78, 5) is 15.7. The fraction of sp³-hybridized carbons (Fsp3) is 0.308. The van der Waals surface area contributed by atoms with Crippen molar-refractivity contribution in [1.29, 1.82) is 0 Å². The van der Waals surface area contributed by atoms with Crippen LogP contribution >= 0.6 is 0 Å². The van der Waals surface area contributed by atoms with Crippen molar-refractivity contribution in [3.05, 3.63) is 29.3 Å². The Labute approximate surface area is 106 Å². The molecule has 1 aromatic carbocycles. The van der Waals surface area contributed by atoms with Crippen molar-refractivity contribution in [3.63, 3.8) is 0 Å². The highest BCUT2D eigenvalue weighted by Crippen LogP contribution is 2.20. The first-order valence-electron chi connectivity index (χ1n) is 5.86. The van der Waals surface area contributed by atoms with Crippen LogP contribution in [0.4, 0.5) is 5.95 Å². The average molecular weight is 244 g/mol. The Morgan fingerprint density at radius 3 is 2.67 bits per heavy atom. The lowest BCUT2D eigenvalue weighted by Crippen LogP contribution is -2.13. The van der Waals surface area contributed by atoms with Crippen LogP contribution in [0.5, 0.6) is 0 Å². The molecule has 0 aliphatic carbocycles. The van der Waals surface area contributed by atoms with E-state index in [1.807, 2.05) is 32.0 Å². The third-order valence-corrected chi connectivity index (χ3v) is 2.94. The van der Waals surface area contributed by atoms with Gasteiger partial charge in [-0.3, -0.25) is 4.79 Å². The van der Waals surface area contributed by atoms with Gasteiger partial charge in [-0.25, -0.2) is 0 Å². The summed E-state index contributed by atoms with van der Waals surface area (Å²) in [6.07, 6.45) is 0.347. The van der Waals surface area contributed by atoms with E-state index < -0.39 is 0 Å². The molecule has 0 saturated heterocycles. The van der Waals surface area contributed by atoms with Crippen molar-refractivity contribution < 1.29 is 4.79 Å². The van der Waals surface area contributed by atoms with Crippen LogP contribution in [-0.4, -0.2) is 20.7 Å². The number of carbonyl (C=O) groups excluding carboxylic acids is 1. The second-order valence-corrected chi connectivity index (χ2v) is 4.25. The van der Waals surface area contributed by atoms with Crippen molar-refractivity contribution in [2.45, 2.75) is 27.2 Å². The number of anilines is 1. The minimum atomic E-state index is -0.157. The van der Waals surface area contributed by atoms with Crippen molar-refractivity contribution >= 4 is 11.9 Å². The Morgan fingerprint density at radius 1 is 1.33 bits per heavy atom. The van der Waals surface area contributed by atoms with E-state index in [1.54, 1.807) is 6.92 Å². The van der Waals surface area contributed by atoms with E-state index in [0.29, 0.717) is 12.2 Å². The maximum Gasteiger partial charge on any atom is 0.249 e. The van der Waals surface area contributed by atoms with Crippen LogP contribution in [0.15, 0.2) is 18.2 Å². The molecule has 0 spiro atoms. The standard InChI is InChI=1S/C13H16N4O/c1-4-11(18)17-13(14)15-12(16-17)10-6-5-8(2)9(3)7-10/h5-7H,4H2,1-3H3,(H2,14,15,16). The van der Waals surface area contributed by atoms with Gasteiger partial charge in [-0.1, -0.05) is 19.1 Å². The zero-order chi connectivity index (χ0) is 13.3. The van der Waals surface area contributed by atoms with Crippen LogP contribution in [0.25, 0.3) is 11.4 Å². The highest BCUT2D eigenvalue weighted by atomic mass is 16.2. The first kappa shape index (κ1) is 12.3. The van der Waals surface area contributed by atoms with Gasteiger partial charge in [-0.05, 0) is 31.0 Å². The quantitative estimate of drug-likeness (QED) is 0.878. The molecular weight excluding hydrogens is 228 g/mol. The summed E-state index contributed by atoms with van der Waals surface area (Å²) in [6.45, 7) is 5.83. The SMILES string of the molecule is CCC(=O)n1nc(-c2ccc(C)c(C)c2)nc1N. The molecule has 2 N–H and O–H groups in total. The molecule has 0 saturated carbocycles.